The third kappa shape index (κ3) is 4.09. The number of rotatable bonds is 5. The van der Waals surface area contributed by atoms with Gasteiger partial charge >= 0.3 is 0 Å². The molecule has 0 saturated carbocycles. The summed E-state index contributed by atoms with van der Waals surface area (Å²) >= 11 is 0. The second-order valence-corrected chi connectivity index (χ2v) is 4.05. The highest BCUT2D eigenvalue weighted by atomic mass is 19.1. The van der Waals surface area contributed by atoms with Gasteiger partial charge in [-0.1, -0.05) is 6.07 Å². The number of halogens is 1. The van der Waals surface area contributed by atoms with Crippen molar-refractivity contribution in [3.8, 4) is 5.75 Å². The van der Waals surface area contributed by atoms with Crippen molar-refractivity contribution in [2.45, 2.75) is 6.54 Å². The molecular formula is C13H14FN3O2. The molecule has 2 aromatic rings. The average molecular weight is 263 g/mol. The first-order valence-electron chi connectivity index (χ1n) is 5.76. The van der Waals surface area contributed by atoms with Crippen LogP contribution in [0.5, 0.6) is 5.75 Å². The summed E-state index contributed by atoms with van der Waals surface area (Å²) in [6, 6.07) is 5.67. The van der Waals surface area contributed by atoms with Gasteiger partial charge in [0.1, 0.15) is 11.6 Å². The first-order chi connectivity index (χ1) is 9.13. The lowest BCUT2D eigenvalue weighted by Crippen LogP contribution is -2.28. The zero-order valence-electron chi connectivity index (χ0n) is 10.5. The minimum absolute atomic E-state index is 0.149. The van der Waals surface area contributed by atoms with Gasteiger partial charge in [0, 0.05) is 31.4 Å². The molecule has 0 aliphatic carbocycles. The molecule has 0 unspecified atom stereocenters. The highest BCUT2D eigenvalue weighted by Crippen LogP contribution is 2.11. The smallest absolute Gasteiger partial charge is 0.258 e. The Morgan fingerprint density at radius 1 is 1.53 bits per heavy atom. The standard InChI is InChI=1S/C13H14FN3O2/c1-17-8-10(7-16-17)6-15-13(18)9-19-12-4-2-3-11(14)5-12/h2-5,7-8H,6,9H2,1H3,(H,15,18). The molecule has 100 valence electrons. The van der Waals surface area contributed by atoms with Crippen LogP contribution in [0.2, 0.25) is 0 Å². The van der Waals surface area contributed by atoms with Crippen LogP contribution in [0.3, 0.4) is 0 Å². The molecule has 6 heteroatoms. The molecule has 0 saturated heterocycles. The minimum atomic E-state index is -0.395. The maximum atomic E-state index is 12.9. The number of aromatic nitrogens is 2. The molecule has 1 heterocycles. The van der Waals surface area contributed by atoms with Crippen molar-refractivity contribution in [1.29, 1.82) is 0 Å². The van der Waals surface area contributed by atoms with Crippen molar-refractivity contribution in [3.63, 3.8) is 0 Å². The van der Waals surface area contributed by atoms with Crippen LogP contribution >= 0.6 is 0 Å². The maximum absolute atomic E-state index is 12.9. The largest absolute Gasteiger partial charge is 0.484 e. The highest BCUT2D eigenvalue weighted by molar-refractivity contribution is 5.77. The second kappa shape index (κ2) is 5.99. The highest BCUT2D eigenvalue weighted by Gasteiger charge is 2.04. The second-order valence-electron chi connectivity index (χ2n) is 4.05. The zero-order chi connectivity index (χ0) is 13.7. The number of hydrogen-bond acceptors (Lipinski definition) is 3. The van der Waals surface area contributed by atoms with E-state index in [-0.39, 0.29) is 12.5 Å². The quantitative estimate of drug-likeness (QED) is 0.883. The van der Waals surface area contributed by atoms with Gasteiger partial charge in [-0.15, -0.1) is 0 Å². The molecule has 0 radical (unpaired) electrons. The molecule has 0 aliphatic rings. The van der Waals surface area contributed by atoms with Gasteiger partial charge in [-0.05, 0) is 12.1 Å². The molecule has 19 heavy (non-hydrogen) atoms. The van der Waals surface area contributed by atoms with Crippen LogP contribution in [0.15, 0.2) is 36.7 Å². The van der Waals surface area contributed by atoms with Crippen LogP contribution in [0, 0.1) is 5.82 Å². The number of nitrogens with zero attached hydrogens (tertiary/aromatic N) is 2. The van der Waals surface area contributed by atoms with Gasteiger partial charge in [-0.2, -0.15) is 5.10 Å². The molecule has 0 bridgehead atoms. The van der Waals surface area contributed by atoms with Gasteiger partial charge in [0.05, 0.1) is 6.20 Å². The van der Waals surface area contributed by atoms with Gasteiger partial charge in [-0.25, -0.2) is 4.39 Å². The third-order valence-corrected chi connectivity index (χ3v) is 2.41. The van der Waals surface area contributed by atoms with Crippen molar-refractivity contribution in [2.24, 2.45) is 7.05 Å². The Kier molecular flexibility index (Phi) is 4.12. The fraction of sp³-hybridized carbons (Fsp3) is 0.231. The van der Waals surface area contributed by atoms with E-state index >= 15 is 0 Å². The lowest BCUT2D eigenvalue weighted by molar-refractivity contribution is -0.123. The summed E-state index contributed by atoms with van der Waals surface area (Å²) in [5.41, 5.74) is 0.904. The monoisotopic (exact) mass is 263 g/mol. The Hall–Kier alpha value is -2.37. The van der Waals surface area contributed by atoms with Crippen LogP contribution in [0.1, 0.15) is 5.56 Å². The molecule has 1 aromatic carbocycles. The van der Waals surface area contributed by atoms with Crippen LogP contribution in [0.25, 0.3) is 0 Å². The number of hydrogen-bond donors (Lipinski definition) is 1. The Balaban J connectivity index is 1.75. The Morgan fingerprint density at radius 3 is 3.05 bits per heavy atom. The number of carbonyl (C=O) groups excluding carboxylic acids is 1. The fourth-order valence-corrected chi connectivity index (χ4v) is 1.52. The van der Waals surface area contributed by atoms with Crippen molar-refractivity contribution in [1.82, 2.24) is 15.1 Å². The first kappa shape index (κ1) is 13.1. The van der Waals surface area contributed by atoms with Gasteiger partial charge in [0.2, 0.25) is 0 Å². The molecule has 2 rings (SSSR count). The summed E-state index contributed by atoms with van der Waals surface area (Å²) in [7, 11) is 1.80. The zero-order valence-corrected chi connectivity index (χ0v) is 10.5. The predicted octanol–water partition coefficient (Wildman–Crippen LogP) is 1.25. The number of ether oxygens (including phenoxy) is 1. The van der Waals surface area contributed by atoms with Crippen LogP contribution in [0.4, 0.5) is 4.39 Å². The molecule has 5 nitrogen and oxygen atoms in total. The maximum Gasteiger partial charge on any atom is 0.258 e. The first-order valence-corrected chi connectivity index (χ1v) is 5.76. The van der Waals surface area contributed by atoms with Crippen molar-refractivity contribution < 1.29 is 13.9 Å². The summed E-state index contributed by atoms with van der Waals surface area (Å²) in [5.74, 6) is -0.335. The lowest BCUT2D eigenvalue weighted by atomic mass is 10.3. The fourth-order valence-electron chi connectivity index (χ4n) is 1.52. The van der Waals surface area contributed by atoms with E-state index in [4.69, 9.17) is 4.74 Å². The van der Waals surface area contributed by atoms with E-state index < -0.39 is 5.82 Å². The van der Waals surface area contributed by atoms with E-state index in [1.165, 1.54) is 18.2 Å². The third-order valence-electron chi connectivity index (χ3n) is 2.41. The van der Waals surface area contributed by atoms with Crippen molar-refractivity contribution in [3.05, 3.63) is 48.0 Å². The molecule has 0 fully saturated rings. The van der Waals surface area contributed by atoms with Gasteiger partial charge in [0.15, 0.2) is 6.61 Å². The summed E-state index contributed by atoms with van der Waals surface area (Å²) in [5, 5.41) is 6.68. The van der Waals surface area contributed by atoms with Crippen LogP contribution in [-0.2, 0) is 18.4 Å². The summed E-state index contributed by atoms with van der Waals surface area (Å²) < 4.78 is 19.7. The van der Waals surface area contributed by atoms with Crippen LogP contribution < -0.4 is 10.1 Å². The van der Waals surface area contributed by atoms with Crippen LogP contribution in [-0.4, -0.2) is 22.3 Å². The Bertz CT molecular complexity index is 569. The molecule has 1 aromatic heterocycles. The molecule has 0 aliphatic heterocycles. The van der Waals surface area contributed by atoms with E-state index in [2.05, 4.69) is 10.4 Å². The molecule has 1 amide bonds. The molecule has 0 atom stereocenters. The van der Waals surface area contributed by atoms with E-state index in [1.54, 1.807) is 24.0 Å². The molecule has 1 N–H and O–H groups in total. The van der Waals surface area contributed by atoms with Gasteiger partial charge in [0.25, 0.3) is 5.91 Å². The van der Waals surface area contributed by atoms with Crippen molar-refractivity contribution in [2.75, 3.05) is 6.61 Å². The predicted molar refractivity (Wildman–Crippen MR) is 66.9 cm³/mol. The lowest BCUT2D eigenvalue weighted by Gasteiger charge is -2.06. The number of nitrogens with one attached hydrogen (secondary N) is 1. The van der Waals surface area contributed by atoms with E-state index in [0.717, 1.165) is 5.56 Å². The number of benzene rings is 1. The minimum Gasteiger partial charge on any atom is -0.484 e. The van der Waals surface area contributed by atoms with Gasteiger partial charge < -0.3 is 10.1 Å². The normalized spacial score (nSPS) is 10.2. The number of aryl methyl sites for hydroxylation is 1. The number of carbonyl (C=O) groups is 1. The SMILES string of the molecule is Cn1cc(CNC(=O)COc2cccc(F)c2)cn1. The summed E-state index contributed by atoms with van der Waals surface area (Å²) in [4.78, 5) is 11.5. The van der Waals surface area contributed by atoms with E-state index in [1.807, 2.05) is 6.20 Å². The molecule has 0 spiro atoms. The average Bonchev–Trinajstić information content (AvgIpc) is 2.80. The van der Waals surface area contributed by atoms with E-state index in [0.29, 0.717) is 12.3 Å². The molecular weight excluding hydrogens is 249 g/mol. The number of amides is 1. The van der Waals surface area contributed by atoms with Crippen molar-refractivity contribution >= 4 is 5.91 Å². The van der Waals surface area contributed by atoms with Gasteiger partial charge in [-0.3, -0.25) is 9.48 Å². The summed E-state index contributed by atoms with van der Waals surface area (Å²) in [6.45, 7) is 0.239. The Labute approximate surface area is 110 Å². The van der Waals surface area contributed by atoms with E-state index in [9.17, 15) is 9.18 Å². The topological polar surface area (TPSA) is 56.2 Å². The summed E-state index contributed by atoms with van der Waals surface area (Å²) in [6.07, 6.45) is 3.49. The Morgan fingerprint density at radius 2 is 2.37 bits per heavy atom.